The Morgan fingerprint density at radius 2 is 1.71 bits per heavy atom. The number of piperidine rings is 1. The Morgan fingerprint density at radius 3 is 2.25 bits per heavy atom. The molecule has 2 rings (SSSR count). The molecule has 0 unspecified atom stereocenters. The number of rotatable bonds is 4. The molecule has 1 aromatic carbocycles. The molecule has 4 nitrogen and oxygen atoms in total. The number of amides is 2. The minimum Gasteiger partial charge on any atom is -0.353 e. The van der Waals surface area contributed by atoms with Gasteiger partial charge in [-0.1, -0.05) is 50.6 Å². The zero-order chi connectivity index (χ0) is 17.7. The number of hydrogen-bond donors (Lipinski definition) is 1. The molecule has 24 heavy (non-hydrogen) atoms. The molecule has 1 heterocycles. The molecule has 1 aromatic rings. The van der Waals surface area contributed by atoms with Crippen LogP contribution in [0.2, 0.25) is 0 Å². The van der Waals surface area contributed by atoms with Gasteiger partial charge in [0.2, 0.25) is 11.8 Å². The summed E-state index contributed by atoms with van der Waals surface area (Å²) in [5, 5.41) is 3.10. The topological polar surface area (TPSA) is 49.4 Å². The summed E-state index contributed by atoms with van der Waals surface area (Å²) in [4.78, 5) is 26.3. The lowest BCUT2D eigenvalue weighted by Gasteiger charge is -2.33. The number of nitrogens with one attached hydrogen (secondary N) is 1. The van der Waals surface area contributed by atoms with Gasteiger partial charge in [-0.2, -0.15) is 0 Å². The summed E-state index contributed by atoms with van der Waals surface area (Å²) in [6.45, 7) is 9.31. The second-order valence-electron chi connectivity index (χ2n) is 7.86. The summed E-state index contributed by atoms with van der Waals surface area (Å²) in [5.74, 6) is 0.308. The zero-order valence-corrected chi connectivity index (χ0v) is 15.4. The molecule has 0 bridgehead atoms. The Hall–Kier alpha value is -1.84. The third-order valence-electron chi connectivity index (χ3n) is 4.61. The second kappa shape index (κ2) is 7.82. The largest absolute Gasteiger partial charge is 0.353 e. The normalized spacial score (nSPS) is 16.1. The van der Waals surface area contributed by atoms with Gasteiger partial charge in [0.15, 0.2) is 0 Å². The van der Waals surface area contributed by atoms with Crippen LogP contribution in [-0.4, -0.2) is 35.8 Å². The van der Waals surface area contributed by atoms with Crippen LogP contribution < -0.4 is 5.32 Å². The molecule has 0 aliphatic carbocycles. The fraction of sp³-hybridized carbons (Fsp3) is 0.600. The summed E-state index contributed by atoms with van der Waals surface area (Å²) in [6.07, 6.45) is 3.04. The van der Waals surface area contributed by atoms with Gasteiger partial charge in [-0.25, -0.2) is 0 Å². The molecule has 0 radical (unpaired) electrons. The monoisotopic (exact) mass is 330 g/mol. The molecule has 2 amide bonds. The van der Waals surface area contributed by atoms with Crippen LogP contribution in [0.3, 0.4) is 0 Å². The van der Waals surface area contributed by atoms with E-state index in [1.807, 2.05) is 25.7 Å². The Morgan fingerprint density at radius 1 is 1.12 bits per heavy atom. The molecule has 4 heteroatoms. The fourth-order valence-corrected chi connectivity index (χ4v) is 2.84. The van der Waals surface area contributed by atoms with Gasteiger partial charge in [-0.05, 0) is 31.7 Å². The van der Waals surface area contributed by atoms with E-state index in [1.165, 1.54) is 11.1 Å². The molecule has 1 fully saturated rings. The van der Waals surface area contributed by atoms with Gasteiger partial charge in [-0.3, -0.25) is 9.59 Å². The molecular formula is C20H30N2O2. The van der Waals surface area contributed by atoms with Crippen LogP contribution in [0.1, 0.15) is 51.2 Å². The van der Waals surface area contributed by atoms with Crippen LogP contribution in [0.4, 0.5) is 0 Å². The first-order chi connectivity index (χ1) is 11.3. The number of aryl methyl sites for hydroxylation is 2. The lowest BCUT2D eigenvalue weighted by Crippen LogP contribution is -2.49. The van der Waals surface area contributed by atoms with Crippen molar-refractivity contribution in [3.05, 3.63) is 35.4 Å². The van der Waals surface area contributed by atoms with E-state index in [4.69, 9.17) is 0 Å². The van der Waals surface area contributed by atoms with Crippen molar-refractivity contribution >= 4 is 11.8 Å². The highest BCUT2D eigenvalue weighted by atomic mass is 16.2. The van der Waals surface area contributed by atoms with Crippen LogP contribution in [0.5, 0.6) is 0 Å². The molecular weight excluding hydrogens is 300 g/mol. The Labute approximate surface area is 145 Å². The first kappa shape index (κ1) is 18.5. The predicted octanol–water partition coefficient (Wildman–Crippen LogP) is 3.08. The molecule has 0 saturated carbocycles. The minimum atomic E-state index is -0.360. The highest BCUT2D eigenvalue weighted by Crippen LogP contribution is 2.17. The predicted molar refractivity (Wildman–Crippen MR) is 96.7 cm³/mol. The summed E-state index contributed by atoms with van der Waals surface area (Å²) in [6, 6.07) is 8.55. The van der Waals surface area contributed by atoms with Crippen molar-refractivity contribution in [2.75, 3.05) is 13.1 Å². The Balaban J connectivity index is 1.74. The van der Waals surface area contributed by atoms with Crippen molar-refractivity contribution in [1.29, 1.82) is 0 Å². The van der Waals surface area contributed by atoms with E-state index in [1.54, 1.807) is 0 Å². The van der Waals surface area contributed by atoms with Crippen LogP contribution in [0.25, 0.3) is 0 Å². The van der Waals surface area contributed by atoms with Gasteiger partial charge >= 0.3 is 0 Å². The summed E-state index contributed by atoms with van der Waals surface area (Å²) >= 11 is 0. The van der Waals surface area contributed by atoms with Crippen molar-refractivity contribution in [2.24, 2.45) is 5.41 Å². The van der Waals surface area contributed by atoms with Gasteiger partial charge in [0, 0.05) is 31.0 Å². The van der Waals surface area contributed by atoms with E-state index in [0.717, 1.165) is 32.4 Å². The number of likely N-dealkylation sites (tertiary alicyclic amines) is 1. The summed E-state index contributed by atoms with van der Waals surface area (Å²) < 4.78 is 0. The van der Waals surface area contributed by atoms with E-state index in [-0.39, 0.29) is 23.3 Å². The number of benzene rings is 1. The SMILES string of the molecule is Cc1ccc(CCC(=O)N2CCC(NC(=O)C(C)(C)C)CC2)cc1. The van der Waals surface area contributed by atoms with E-state index in [0.29, 0.717) is 6.42 Å². The molecule has 0 aromatic heterocycles. The maximum atomic E-state index is 12.4. The Bertz CT molecular complexity index is 564. The van der Waals surface area contributed by atoms with Gasteiger partial charge in [0.1, 0.15) is 0 Å². The average molecular weight is 330 g/mol. The number of hydrogen-bond acceptors (Lipinski definition) is 2. The van der Waals surface area contributed by atoms with Crippen LogP contribution in [0.15, 0.2) is 24.3 Å². The lowest BCUT2D eigenvalue weighted by molar-refractivity contribution is -0.132. The molecule has 1 saturated heterocycles. The van der Waals surface area contributed by atoms with Gasteiger partial charge in [0.25, 0.3) is 0 Å². The zero-order valence-electron chi connectivity index (χ0n) is 15.4. The first-order valence-corrected chi connectivity index (χ1v) is 8.90. The van der Waals surface area contributed by atoms with Crippen LogP contribution >= 0.6 is 0 Å². The Kier molecular flexibility index (Phi) is 6.03. The van der Waals surface area contributed by atoms with Crippen molar-refractivity contribution in [3.8, 4) is 0 Å². The van der Waals surface area contributed by atoms with E-state index >= 15 is 0 Å². The molecule has 1 N–H and O–H groups in total. The third-order valence-corrected chi connectivity index (χ3v) is 4.61. The van der Waals surface area contributed by atoms with E-state index in [9.17, 15) is 9.59 Å². The lowest BCUT2D eigenvalue weighted by atomic mass is 9.94. The standard InChI is InChI=1S/C20H30N2O2/c1-15-5-7-16(8-6-15)9-10-18(23)22-13-11-17(12-14-22)21-19(24)20(2,3)4/h5-8,17H,9-14H2,1-4H3,(H,21,24). The van der Waals surface area contributed by atoms with E-state index < -0.39 is 0 Å². The van der Waals surface area contributed by atoms with Crippen molar-refractivity contribution in [1.82, 2.24) is 10.2 Å². The quantitative estimate of drug-likeness (QED) is 0.922. The second-order valence-corrected chi connectivity index (χ2v) is 7.86. The van der Waals surface area contributed by atoms with Crippen molar-refractivity contribution in [3.63, 3.8) is 0 Å². The maximum absolute atomic E-state index is 12.4. The molecule has 0 atom stereocenters. The van der Waals surface area contributed by atoms with Crippen LogP contribution in [0, 0.1) is 12.3 Å². The first-order valence-electron chi connectivity index (χ1n) is 8.90. The van der Waals surface area contributed by atoms with Gasteiger partial charge < -0.3 is 10.2 Å². The molecule has 1 aliphatic heterocycles. The highest BCUT2D eigenvalue weighted by Gasteiger charge is 2.27. The van der Waals surface area contributed by atoms with E-state index in [2.05, 4.69) is 36.5 Å². The number of carbonyl (C=O) groups is 2. The fourth-order valence-electron chi connectivity index (χ4n) is 2.84. The summed E-state index contributed by atoms with van der Waals surface area (Å²) in [7, 11) is 0. The average Bonchev–Trinajstić information content (AvgIpc) is 2.54. The molecule has 132 valence electrons. The smallest absolute Gasteiger partial charge is 0.225 e. The molecule has 1 aliphatic rings. The molecule has 0 spiro atoms. The minimum absolute atomic E-state index is 0.0895. The van der Waals surface area contributed by atoms with Gasteiger partial charge in [0.05, 0.1) is 0 Å². The van der Waals surface area contributed by atoms with Crippen molar-refractivity contribution in [2.45, 2.75) is 59.4 Å². The third kappa shape index (κ3) is 5.36. The summed E-state index contributed by atoms with van der Waals surface area (Å²) in [5.41, 5.74) is 2.09. The van der Waals surface area contributed by atoms with Gasteiger partial charge in [-0.15, -0.1) is 0 Å². The van der Waals surface area contributed by atoms with Crippen LogP contribution in [-0.2, 0) is 16.0 Å². The highest BCUT2D eigenvalue weighted by molar-refractivity contribution is 5.81. The maximum Gasteiger partial charge on any atom is 0.225 e. The number of carbonyl (C=O) groups excluding carboxylic acids is 2. The number of nitrogens with zero attached hydrogens (tertiary/aromatic N) is 1. The van der Waals surface area contributed by atoms with Crippen molar-refractivity contribution < 1.29 is 9.59 Å².